The summed E-state index contributed by atoms with van der Waals surface area (Å²) in [6.45, 7) is 0.598. The first-order valence-electron chi connectivity index (χ1n) is 2.61. The predicted octanol–water partition coefficient (Wildman–Crippen LogP) is 1.09. The summed E-state index contributed by atoms with van der Waals surface area (Å²) in [4.78, 5) is 10.5. The zero-order valence-corrected chi connectivity index (χ0v) is 5.98. The molecule has 0 spiro atoms. The number of carbonyl (C=O) groups is 1. The Morgan fingerprint density at radius 3 is 2.88 bits per heavy atom. The fourth-order valence-corrected chi connectivity index (χ4v) is 1.10. The molecule has 0 unspecified atom stereocenters. The van der Waals surface area contributed by atoms with Crippen LogP contribution in [-0.2, 0) is 9.53 Å². The highest BCUT2D eigenvalue weighted by Gasteiger charge is 2.19. The number of alkyl halides is 1. The maximum Gasteiger partial charge on any atom is 0.319 e. The van der Waals surface area contributed by atoms with Crippen LogP contribution in [0.1, 0.15) is 12.8 Å². The molecule has 0 amide bonds. The second kappa shape index (κ2) is 2.49. The number of carbonyl (C=O) groups excluding carboxylic acids is 1. The largest absolute Gasteiger partial charge is 0.465 e. The van der Waals surface area contributed by atoms with Crippen molar-refractivity contribution in [1.82, 2.24) is 0 Å². The highest BCUT2D eigenvalue weighted by atomic mass is 79.9. The molecule has 0 bridgehead atoms. The van der Waals surface area contributed by atoms with Crippen molar-refractivity contribution in [3.8, 4) is 0 Å². The maximum absolute atomic E-state index is 10.5. The molecule has 1 fully saturated rings. The molecule has 1 rings (SSSR count). The Hall–Kier alpha value is -0.0500. The van der Waals surface area contributed by atoms with Crippen LogP contribution in [0.2, 0.25) is 0 Å². The molecule has 0 aromatic rings. The molecule has 0 aliphatic carbocycles. The van der Waals surface area contributed by atoms with Crippen LogP contribution in [0.15, 0.2) is 0 Å². The number of halogens is 1. The standard InChI is InChI=1S/C5H7BrO2/c6-4-2-1-3-8-5(4)7/h4H,1-3H2/t4-/m0/s1. The molecule has 1 atom stereocenters. The van der Waals surface area contributed by atoms with Gasteiger partial charge in [-0.15, -0.1) is 0 Å². The van der Waals surface area contributed by atoms with Crippen LogP contribution in [0.5, 0.6) is 0 Å². The second-order valence-electron chi connectivity index (χ2n) is 1.78. The summed E-state index contributed by atoms with van der Waals surface area (Å²) in [6.07, 6.45) is 1.90. The lowest BCUT2D eigenvalue weighted by Crippen LogP contribution is -2.23. The van der Waals surface area contributed by atoms with Crippen LogP contribution in [0.4, 0.5) is 0 Å². The number of esters is 1. The van der Waals surface area contributed by atoms with Crippen LogP contribution in [0.3, 0.4) is 0 Å². The second-order valence-corrected chi connectivity index (χ2v) is 2.88. The molecule has 0 N–H and O–H groups in total. The van der Waals surface area contributed by atoms with E-state index in [1.165, 1.54) is 0 Å². The minimum absolute atomic E-state index is 0.0451. The Balaban J connectivity index is 2.39. The molecular formula is C5H7BrO2. The van der Waals surface area contributed by atoms with E-state index < -0.39 is 0 Å². The molecule has 1 aliphatic rings. The van der Waals surface area contributed by atoms with E-state index in [0.717, 1.165) is 12.8 Å². The number of ether oxygens (including phenoxy) is 1. The summed E-state index contributed by atoms with van der Waals surface area (Å²) < 4.78 is 4.70. The Labute approximate surface area is 56.3 Å². The van der Waals surface area contributed by atoms with Crippen molar-refractivity contribution in [1.29, 1.82) is 0 Å². The molecule has 2 nitrogen and oxygen atoms in total. The number of rotatable bonds is 0. The summed E-state index contributed by atoms with van der Waals surface area (Å²) in [6, 6.07) is 0. The van der Waals surface area contributed by atoms with E-state index in [-0.39, 0.29) is 10.8 Å². The monoisotopic (exact) mass is 178 g/mol. The summed E-state index contributed by atoms with van der Waals surface area (Å²) >= 11 is 3.18. The van der Waals surface area contributed by atoms with Gasteiger partial charge in [0.25, 0.3) is 0 Å². The van der Waals surface area contributed by atoms with E-state index in [2.05, 4.69) is 15.9 Å². The molecule has 8 heavy (non-hydrogen) atoms. The smallest absolute Gasteiger partial charge is 0.319 e. The van der Waals surface area contributed by atoms with Crippen LogP contribution in [-0.4, -0.2) is 17.4 Å². The summed E-state index contributed by atoms with van der Waals surface area (Å²) in [5.74, 6) is -0.115. The normalized spacial score (nSPS) is 29.6. The Bertz CT molecular complexity index is 103. The highest BCUT2D eigenvalue weighted by Crippen LogP contribution is 2.14. The summed E-state index contributed by atoms with van der Waals surface area (Å²) in [7, 11) is 0. The highest BCUT2D eigenvalue weighted by molar-refractivity contribution is 9.10. The van der Waals surface area contributed by atoms with Gasteiger partial charge < -0.3 is 4.74 Å². The van der Waals surface area contributed by atoms with Gasteiger partial charge in [0.2, 0.25) is 0 Å². The van der Waals surface area contributed by atoms with Gasteiger partial charge in [0.15, 0.2) is 0 Å². The summed E-state index contributed by atoms with van der Waals surface area (Å²) in [5, 5.41) is 0. The minimum Gasteiger partial charge on any atom is -0.465 e. The maximum atomic E-state index is 10.5. The molecule has 1 aliphatic heterocycles. The van der Waals surface area contributed by atoms with Gasteiger partial charge in [-0.05, 0) is 12.8 Å². The minimum atomic E-state index is -0.115. The van der Waals surface area contributed by atoms with E-state index in [1.807, 2.05) is 0 Å². The third kappa shape index (κ3) is 1.22. The zero-order valence-electron chi connectivity index (χ0n) is 4.39. The topological polar surface area (TPSA) is 26.3 Å². The number of hydrogen-bond acceptors (Lipinski definition) is 2. The van der Waals surface area contributed by atoms with Crippen molar-refractivity contribution in [3.05, 3.63) is 0 Å². The van der Waals surface area contributed by atoms with Gasteiger partial charge in [-0.25, -0.2) is 0 Å². The first kappa shape index (κ1) is 6.08. The van der Waals surface area contributed by atoms with E-state index in [4.69, 9.17) is 4.74 Å². The lowest BCUT2D eigenvalue weighted by atomic mass is 10.2. The van der Waals surface area contributed by atoms with Crippen molar-refractivity contribution >= 4 is 21.9 Å². The molecule has 0 radical (unpaired) electrons. The number of cyclic esters (lactones) is 1. The summed E-state index contributed by atoms with van der Waals surface area (Å²) in [5.41, 5.74) is 0. The lowest BCUT2D eigenvalue weighted by Gasteiger charge is -2.14. The first-order valence-corrected chi connectivity index (χ1v) is 3.53. The molecule has 0 aromatic carbocycles. The molecule has 3 heteroatoms. The average Bonchev–Trinajstić information content (AvgIpc) is 1.77. The zero-order chi connectivity index (χ0) is 5.98. The molecule has 0 saturated carbocycles. The van der Waals surface area contributed by atoms with Gasteiger partial charge in [-0.3, -0.25) is 4.79 Å². The van der Waals surface area contributed by atoms with Crippen LogP contribution in [0, 0.1) is 0 Å². The fourth-order valence-electron chi connectivity index (χ4n) is 0.644. The molecule has 0 aromatic heterocycles. The first-order chi connectivity index (χ1) is 3.80. The van der Waals surface area contributed by atoms with Gasteiger partial charge >= 0.3 is 5.97 Å². The third-order valence-electron chi connectivity index (χ3n) is 1.10. The van der Waals surface area contributed by atoms with Crippen LogP contribution >= 0.6 is 15.9 Å². The third-order valence-corrected chi connectivity index (χ3v) is 1.93. The lowest BCUT2D eigenvalue weighted by molar-refractivity contribution is -0.145. The Morgan fingerprint density at radius 2 is 2.50 bits per heavy atom. The number of hydrogen-bond donors (Lipinski definition) is 0. The van der Waals surface area contributed by atoms with Crippen LogP contribution < -0.4 is 0 Å². The quantitative estimate of drug-likeness (QED) is 0.411. The molecule has 1 saturated heterocycles. The van der Waals surface area contributed by atoms with Gasteiger partial charge in [-0.2, -0.15) is 0 Å². The fraction of sp³-hybridized carbons (Fsp3) is 0.800. The van der Waals surface area contributed by atoms with E-state index in [0.29, 0.717) is 6.61 Å². The van der Waals surface area contributed by atoms with E-state index in [1.54, 1.807) is 0 Å². The Kier molecular flexibility index (Phi) is 1.89. The van der Waals surface area contributed by atoms with Gasteiger partial charge in [0, 0.05) is 0 Å². The average molecular weight is 179 g/mol. The predicted molar refractivity (Wildman–Crippen MR) is 32.9 cm³/mol. The van der Waals surface area contributed by atoms with E-state index in [9.17, 15) is 4.79 Å². The molecule has 1 heterocycles. The van der Waals surface area contributed by atoms with Crippen molar-refractivity contribution < 1.29 is 9.53 Å². The Morgan fingerprint density at radius 1 is 1.75 bits per heavy atom. The van der Waals surface area contributed by atoms with Gasteiger partial charge in [0.1, 0.15) is 4.83 Å². The van der Waals surface area contributed by atoms with E-state index >= 15 is 0 Å². The van der Waals surface area contributed by atoms with Gasteiger partial charge in [0.05, 0.1) is 6.61 Å². The SMILES string of the molecule is O=C1OCCC[C@@H]1Br. The molecule has 46 valence electrons. The molecular weight excluding hydrogens is 172 g/mol. The van der Waals surface area contributed by atoms with Crippen molar-refractivity contribution in [2.45, 2.75) is 17.7 Å². The van der Waals surface area contributed by atoms with Crippen molar-refractivity contribution in [2.75, 3.05) is 6.61 Å². The van der Waals surface area contributed by atoms with Crippen molar-refractivity contribution in [3.63, 3.8) is 0 Å². The van der Waals surface area contributed by atoms with Gasteiger partial charge in [-0.1, -0.05) is 15.9 Å². The van der Waals surface area contributed by atoms with Crippen LogP contribution in [0.25, 0.3) is 0 Å². The van der Waals surface area contributed by atoms with Crippen molar-refractivity contribution in [2.24, 2.45) is 0 Å².